The number of halogens is 1. The number of ether oxygens (including phenoxy) is 2. The molecule has 0 fully saturated rings. The van der Waals surface area contributed by atoms with Gasteiger partial charge in [0.1, 0.15) is 24.0 Å². The monoisotopic (exact) mass is 320 g/mol. The lowest BCUT2D eigenvalue weighted by Crippen LogP contribution is -2.14. The Kier molecular flexibility index (Phi) is 6.81. The molecular weight excluding hydrogens is 295 g/mol. The second kappa shape index (κ2) is 9.10. The summed E-state index contributed by atoms with van der Waals surface area (Å²) in [4.78, 5) is 4.16. The van der Waals surface area contributed by atoms with Gasteiger partial charge in [-0.05, 0) is 29.7 Å². The van der Waals surface area contributed by atoms with Gasteiger partial charge in [-0.2, -0.15) is 0 Å². The number of hydrogen-bond donors (Lipinski definition) is 1. The zero-order chi connectivity index (χ0) is 16.5. The van der Waals surface area contributed by atoms with Gasteiger partial charge in [0.15, 0.2) is 0 Å². The van der Waals surface area contributed by atoms with E-state index in [4.69, 9.17) is 9.47 Å². The van der Waals surface area contributed by atoms with Gasteiger partial charge in [-0.3, -0.25) is 0 Å². The van der Waals surface area contributed by atoms with Crippen LogP contribution in [0, 0.1) is 5.82 Å². The third kappa shape index (κ3) is 5.87. The molecule has 4 nitrogen and oxygen atoms in total. The molecule has 1 aromatic carbocycles. The van der Waals surface area contributed by atoms with Crippen molar-refractivity contribution in [1.29, 1.82) is 0 Å². The Morgan fingerprint density at radius 2 is 2.04 bits per heavy atom. The molecule has 0 aliphatic carbocycles. The van der Waals surface area contributed by atoms with Crippen LogP contribution >= 0.6 is 0 Å². The van der Waals surface area contributed by atoms with Crippen molar-refractivity contribution in [2.45, 2.75) is 19.8 Å². The molecule has 126 valence electrons. The summed E-state index contributed by atoms with van der Waals surface area (Å²) in [5.74, 6) is 1.42. The van der Waals surface area contributed by atoms with E-state index < -0.39 is 0 Å². The summed E-state index contributed by atoms with van der Waals surface area (Å²) >= 11 is 0. The summed E-state index contributed by atoms with van der Waals surface area (Å²) in [6.45, 7) is 6.19. The number of anilines is 1. The highest BCUT2D eigenvalue weighted by atomic mass is 19.1. The highest BCUT2D eigenvalue weighted by Gasteiger charge is 2.09. The number of benzene rings is 1. The number of aromatic nitrogens is 1. The van der Waals surface area contributed by atoms with Crippen LogP contribution in [0.2, 0.25) is 0 Å². The number of nitrogens with zero attached hydrogens (tertiary/aromatic N) is 1. The zero-order valence-corrected chi connectivity index (χ0v) is 13.6. The van der Waals surface area contributed by atoms with Crippen LogP contribution in [0.1, 0.15) is 26.8 Å². The standard InChI is InChI=1S/C18H23FN2O2.H2/c1-14(2)16-7-6-15(19)13-17(16)23-12-11-22-10-9-21-18-5-3-4-8-20-18;/h3-8,13-14H,9-12H2,1-2H3,(H,20,21);1H. The first-order chi connectivity index (χ1) is 11.2. The van der Waals surface area contributed by atoms with Crippen molar-refractivity contribution in [2.24, 2.45) is 0 Å². The molecule has 0 spiro atoms. The Bertz CT molecular complexity index is 597. The third-order valence-corrected chi connectivity index (χ3v) is 3.30. The Morgan fingerprint density at radius 1 is 1.17 bits per heavy atom. The molecule has 5 heteroatoms. The maximum Gasteiger partial charge on any atom is 0.126 e. The van der Waals surface area contributed by atoms with Crippen molar-refractivity contribution < 1.29 is 15.3 Å². The second-order valence-electron chi connectivity index (χ2n) is 5.44. The predicted octanol–water partition coefficient (Wildman–Crippen LogP) is 4.10. The van der Waals surface area contributed by atoms with Crippen molar-refractivity contribution in [3.8, 4) is 5.75 Å². The van der Waals surface area contributed by atoms with E-state index in [9.17, 15) is 4.39 Å². The van der Waals surface area contributed by atoms with E-state index in [0.29, 0.717) is 32.1 Å². The molecule has 0 amide bonds. The van der Waals surface area contributed by atoms with Crippen molar-refractivity contribution >= 4 is 5.82 Å². The minimum absolute atomic E-state index is 0. The van der Waals surface area contributed by atoms with E-state index in [1.807, 2.05) is 18.2 Å². The molecule has 0 atom stereocenters. The highest BCUT2D eigenvalue weighted by Crippen LogP contribution is 2.27. The van der Waals surface area contributed by atoms with Crippen LogP contribution in [0.5, 0.6) is 5.75 Å². The van der Waals surface area contributed by atoms with Gasteiger partial charge < -0.3 is 14.8 Å². The Labute approximate surface area is 138 Å². The molecule has 1 N–H and O–H groups in total. The molecule has 0 unspecified atom stereocenters. The fraction of sp³-hybridized carbons (Fsp3) is 0.389. The van der Waals surface area contributed by atoms with Crippen LogP contribution in [0.4, 0.5) is 10.2 Å². The molecule has 1 heterocycles. The van der Waals surface area contributed by atoms with Crippen LogP contribution in [0.15, 0.2) is 42.6 Å². The average molecular weight is 320 g/mol. The molecule has 0 aliphatic rings. The van der Waals surface area contributed by atoms with Crippen LogP contribution in [0.3, 0.4) is 0 Å². The normalized spacial score (nSPS) is 10.8. The van der Waals surface area contributed by atoms with E-state index in [2.05, 4.69) is 24.1 Å². The third-order valence-electron chi connectivity index (χ3n) is 3.30. The van der Waals surface area contributed by atoms with Gasteiger partial charge in [-0.15, -0.1) is 0 Å². The molecular formula is C18H25FN2O2. The van der Waals surface area contributed by atoms with Gasteiger partial charge in [0.25, 0.3) is 0 Å². The summed E-state index contributed by atoms with van der Waals surface area (Å²) in [7, 11) is 0. The summed E-state index contributed by atoms with van der Waals surface area (Å²) < 4.78 is 24.5. The molecule has 0 saturated carbocycles. The number of rotatable bonds is 9. The predicted molar refractivity (Wildman–Crippen MR) is 91.6 cm³/mol. The molecule has 2 aromatic rings. The molecule has 0 saturated heterocycles. The van der Waals surface area contributed by atoms with Crippen molar-refractivity contribution in [2.75, 3.05) is 31.7 Å². The average Bonchev–Trinajstić information content (AvgIpc) is 2.54. The van der Waals surface area contributed by atoms with Crippen LogP contribution in [0.25, 0.3) is 0 Å². The smallest absolute Gasteiger partial charge is 0.126 e. The molecule has 2 rings (SSSR count). The van der Waals surface area contributed by atoms with Gasteiger partial charge >= 0.3 is 0 Å². The lowest BCUT2D eigenvalue weighted by Gasteiger charge is -2.14. The van der Waals surface area contributed by atoms with Crippen molar-refractivity contribution in [1.82, 2.24) is 4.98 Å². The largest absolute Gasteiger partial charge is 0.491 e. The fourth-order valence-corrected chi connectivity index (χ4v) is 2.14. The van der Waals surface area contributed by atoms with Gasteiger partial charge in [0.2, 0.25) is 0 Å². The van der Waals surface area contributed by atoms with Gasteiger partial charge in [-0.1, -0.05) is 26.0 Å². The first-order valence-electron chi connectivity index (χ1n) is 7.81. The van der Waals surface area contributed by atoms with Crippen LogP contribution < -0.4 is 10.1 Å². The SMILES string of the molecule is CC(C)c1ccc(F)cc1OCCOCCNc1ccccn1.[HH]. The number of pyridine rings is 1. The van der Waals surface area contributed by atoms with Gasteiger partial charge in [0, 0.05) is 20.2 Å². The Morgan fingerprint density at radius 3 is 2.78 bits per heavy atom. The zero-order valence-electron chi connectivity index (χ0n) is 13.6. The maximum absolute atomic E-state index is 13.3. The highest BCUT2D eigenvalue weighted by molar-refractivity contribution is 5.36. The van der Waals surface area contributed by atoms with Gasteiger partial charge in [-0.25, -0.2) is 9.37 Å². The molecule has 0 aliphatic heterocycles. The van der Waals surface area contributed by atoms with E-state index >= 15 is 0 Å². The fourth-order valence-electron chi connectivity index (χ4n) is 2.14. The Hall–Kier alpha value is -2.14. The van der Waals surface area contributed by atoms with E-state index in [-0.39, 0.29) is 13.2 Å². The molecule has 0 bridgehead atoms. The molecule has 23 heavy (non-hydrogen) atoms. The first-order valence-corrected chi connectivity index (χ1v) is 7.81. The number of nitrogens with one attached hydrogen (secondary N) is 1. The minimum Gasteiger partial charge on any atom is -0.491 e. The summed E-state index contributed by atoms with van der Waals surface area (Å²) in [6, 6.07) is 10.4. The van der Waals surface area contributed by atoms with Crippen LogP contribution in [-0.4, -0.2) is 31.3 Å². The topological polar surface area (TPSA) is 43.4 Å². The minimum atomic E-state index is -0.287. The molecule has 0 radical (unpaired) electrons. The van der Waals surface area contributed by atoms with Crippen LogP contribution in [-0.2, 0) is 4.74 Å². The maximum atomic E-state index is 13.3. The summed E-state index contributed by atoms with van der Waals surface area (Å²) in [6.07, 6.45) is 1.74. The summed E-state index contributed by atoms with van der Waals surface area (Å²) in [5, 5.41) is 3.16. The Balaban J connectivity index is 0.00000288. The lowest BCUT2D eigenvalue weighted by molar-refractivity contribution is 0.107. The van der Waals surface area contributed by atoms with E-state index in [1.54, 1.807) is 12.3 Å². The second-order valence-corrected chi connectivity index (χ2v) is 5.44. The molecule has 1 aromatic heterocycles. The van der Waals surface area contributed by atoms with E-state index in [1.165, 1.54) is 12.1 Å². The summed E-state index contributed by atoms with van der Waals surface area (Å²) in [5.41, 5.74) is 1.00. The first kappa shape index (κ1) is 17.2. The quantitative estimate of drug-likeness (QED) is 0.707. The number of hydrogen-bond acceptors (Lipinski definition) is 4. The lowest BCUT2D eigenvalue weighted by atomic mass is 10.0. The van der Waals surface area contributed by atoms with Crippen molar-refractivity contribution in [3.05, 3.63) is 54.0 Å². The van der Waals surface area contributed by atoms with Gasteiger partial charge in [0.05, 0.1) is 13.2 Å². The van der Waals surface area contributed by atoms with E-state index in [0.717, 1.165) is 11.4 Å². The van der Waals surface area contributed by atoms with Crippen molar-refractivity contribution in [3.63, 3.8) is 0 Å².